The van der Waals surface area contributed by atoms with Crippen LogP contribution in [0.15, 0.2) is 59.6 Å². The van der Waals surface area contributed by atoms with Crippen molar-refractivity contribution in [2.24, 2.45) is 0 Å². The van der Waals surface area contributed by atoms with Crippen LogP contribution in [0.1, 0.15) is 36.2 Å². The zero-order chi connectivity index (χ0) is 17.4. The lowest BCUT2D eigenvalue weighted by Crippen LogP contribution is -2.49. The summed E-state index contributed by atoms with van der Waals surface area (Å²) in [5, 5.41) is -0.416. The lowest BCUT2D eigenvalue weighted by molar-refractivity contribution is 0.0592. The van der Waals surface area contributed by atoms with Crippen molar-refractivity contribution in [3.63, 3.8) is 0 Å². The molecular formula is C19H20N2O3S. The molecule has 4 rings (SSSR count). The number of benzene rings is 1. The van der Waals surface area contributed by atoms with E-state index in [1.54, 1.807) is 48.7 Å². The van der Waals surface area contributed by atoms with Crippen molar-refractivity contribution < 1.29 is 13.2 Å². The number of hydrogen-bond donors (Lipinski definition) is 0. The summed E-state index contributed by atoms with van der Waals surface area (Å²) in [6, 6.07) is 13.9. The SMILES string of the molecule is O=C(c1ccccn1)N1[C@@H]2CC[C@H]1CC(S(=O)(=O)c1ccccc1)C2. The van der Waals surface area contributed by atoms with Crippen molar-refractivity contribution in [1.82, 2.24) is 9.88 Å². The minimum Gasteiger partial charge on any atom is -0.331 e. The predicted octanol–water partition coefficient (Wildman–Crippen LogP) is 2.69. The van der Waals surface area contributed by atoms with E-state index in [2.05, 4.69) is 4.98 Å². The van der Waals surface area contributed by atoms with Crippen molar-refractivity contribution in [3.05, 3.63) is 60.4 Å². The van der Waals surface area contributed by atoms with Gasteiger partial charge in [-0.15, -0.1) is 0 Å². The molecule has 3 heterocycles. The zero-order valence-corrected chi connectivity index (χ0v) is 14.6. The lowest BCUT2D eigenvalue weighted by atomic mass is 10.0. The molecule has 0 aliphatic carbocycles. The summed E-state index contributed by atoms with van der Waals surface area (Å²) in [6.45, 7) is 0. The van der Waals surface area contributed by atoms with Crippen molar-refractivity contribution in [2.45, 2.75) is 47.9 Å². The number of fused-ring (bicyclic) bond motifs is 2. The highest BCUT2D eigenvalue weighted by Crippen LogP contribution is 2.40. The summed E-state index contributed by atoms with van der Waals surface area (Å²) >= 11 is 0. The number of aromatic nitrogens is 1. The molecule has 0 radical (unpaired) electrons. The molecule has 2 aromatic rings. The first-order chi connectivity index (χ1) is 12.1. The Balaban J connectivity index is 1.57. The summed E-state index contributed by atoms with van der Waals surface area (Å²) in [5.74, 6) is -0.0799. The molecule has 2 fully saturated rings. The van der Waals surface area contributed by atoms with E-state index in [1.807, 2.05) is 11.0 Å². The van der Waals surface area contributed by atoms with Crippen LogP contribution in [0.3, 0.4) is 0 Å². The minimum atomic E-state index is -3.36. The van der Waals surface area contributed by atoms with Gasteiger partial charge in [-0.25, -0.2) is 8.42 Å². The maximum Gasteiger partial charge on any atom is 0.272 e. The molecule has 2 bridgehead atoms. The van der Waals surface area contributed by atoms with Crippen LogP contribution in [0.5, 0.6) is 0 Å². The van der Waals surface area contributed by atoms with E-state index in [0.717, 1.165) is 12.8 Å². The monoisotopic (exact) mass is 356 g/mol. The highest BCUT2D eigenvalue weighted by atomic mass is 32.2. The molecular weight excluding hydrogens is 336 g/mol. The van der Waals surface area contributed by atoms with Crippen molar-refractivity contribution in [2.75, 3.05) is 0 Å². The Hall–Kier alpha value is -2.21. The van der Waals surface area contributed by atoms with Gasteiger partial charge < -0.3 is 4.90 Å². The van der Waals surface area contributed by atoms with E-state index >= 15 is 0 Å². The van der Waals surface area contributed by atoms with Gasteiger partial charge >= 0.3 is 0 Å². The third-order valence-electron chi connectivity index (χ3n) is 5.32. The Morgan fingerprint density at radius 1 is 0.960 bits per heavy atom. The van der Waals surface area contributed by atoms with E-state index in [0.29, 0.717) is 23.4 Å². The van der Waals surface area contributed by atoms with E-state index in [9.17, 15) is 13.2 Å². The Morgan fingerprint density at radius 2 is 1.60 bits per heavy atom. The second kappa shape index (κ2) is 6.26. The quantitative estimate of drug-likeness (QED) is 0.848. The van der Waals surface area contributed by atoms with Gasteiger partial charge in [0.05, 0.1) is 10.1 Å². The predicted molar refractivity (Wildman–Crippen MR) is 93.9 cm³/mol. The number of rotatable bonds is 3. The average Bonchev–Trinajstić information content (AvgIpc) is 2.91. The molecule has 1 aromatic heterocycles. The molecule has 5 nitrogen and oxygen atoms in total. The molecule has 3 atom stereocenters. The first-order valence-electron chi connectivity index (χ1n) is 8.60. The van der Waals surface area contributed by atoms with Gasteiger partial charge in [-0.1, -0.05) is 24.3 Å². The molecule has 0 spiro atoms. The molecule has 0 saturated carbocycles. The van der Waals surface area contributed by atoms with Gasteiger partial charge in [-0.05, 0) is 49.9 Å². The maximum atomic E-state index is 12.9. The third kappa shape index (κ3) is 2.84. The molecule has 1 aromatic carbocycles. The molecule has 2 saturated heterocycles. The van der Waals surface area contributed by atoms with Gasteiger partial charge in [-0.3, -0.25) is 9.78 Å². The number of carbonyl (C=O) groups is 1. The van der Waals surface area contributed by atoms with E-state index < -0.39 is 15.1 Å². The van der Waals surface area contributed by atoms with Gasteiger partial charge in [0.1, 0.15) is 5.69 Å². The lowest BCUT2D eigenvalue weighted by Gasteiger charge is -2.38. The fraction of sp³-hybridized carbons (Fsp3) is 0.368. The summed E-state index contributed by atoms with van der Waals surface area (Å²) < 4.78 is 25.9. The van der Waals surface area contributed by atoms with Gasteiger partial charge in [0.25, 0.3) is 5.91 Å². The average molecular weight is 356 g/mol. The normalized spacial score (nSPS) is 25.8. The van der Waals surface area contributed by atoms with Gasteiger partial charge in [-0.2, -0.15) is 0 Å². The first kappa shape index (κ1) is 16.3. The smallest absolute Gasteiger partial charge is 0.272 e. The fourth-order valence-corrected chi connectivity index (χ4v) is 6.01. The number of nitrogens with zero attached hydrogens (tertiary/aromatic N) is 2. The molecule has 2 aliphatic heterocycles. The standard InChI is InChI=1S/C19H20N2O3S/c22-19(18-8-4-5-11-20-18)21-14-9-10-15(21)13-17(12-14)25(23,24)16-6-2-1-3-7-16/h1-8,11,14-15,17H,9-10,12-13H2/t14-,15+,17?. The van der Waals surface area contributed by atoms with E-state index in [-0.39, 0.29) is 18.0 Å². The maximum absolute atomic E-state index is 12.9. The molecule has 25 heavy (non-hydrogen) atoms. The van der Waals surface area contributed by atoms with Crippen molar-refractivity contribution in [1.29, 1.82) is 0 Å². The highest BCUT2D eigenvalue weighted by molar-refractivity contribution is 7.92. The topological polar surface area (TPSA) is 67.3 Å². The number of carbonyl (C=O) groups excluding carboxylic acids is 1. The first-order valence-corrected chi connectivity index (χ1v) is 10.1. The number of pyridine rings is 1. The summed E-state index contributed by atoms with van der Waals surface area (Å²) in [6.07, 6.45) is 4.36. The molecule has 6 heteroatoms. The highest BCUT2D eigenvalue weighted by Gasteiger charge is 2.47. The number of piperidine rings is 1. The van der Waals surface area contributed by atoms with Gasteiger partial charge in [0.15, 0.2) is 9.84 Å². The van der Waals surface area contributed by atoms with Crippen LogP contribution >= 0.6 is 0 Å². The minimum absolute atomic E-state index is 0.0169. The van der Waals surface area contributed by atoms with Crippen LogP contribution in [-0.4, -0.2) is 41.5 Å². The van der Waals surface area contributed by atoms with Crippen LogP contribution < -0.4 is 0 Å². The molecule has 0 N–H and O–H groups in total. The van der Waals surface area contributed by atoms with Crippen molar-refractivity contribution >= 4 is 15.7 Å². The van der Waals surface area contributed by atoms with Crippen molar-refractivity contribution in [3.8, 4) is 0 Å². The summed E-state index contributed by atoms with van der Waals surface area (Å²) in [7, 11) is -3.36. The van der Waals surface area contributed by atoms with Crippen LogP contribution in [0.2, 0.25) is 0 Å². The molecule has 2 aliphatic rings. The van der Waals surface area contributed by atoms with Gasteiger partial charge in [0.2, 0.25) is 0 Å². The fourth-order valence-electron chi connectivity index (χ4n) is 4.14. The Bertz CT molecular complexity index is 854. The van der Waals surface area contributed by atoms with E-state index in [4.69, 9.17) is 0 Å². The molecule has 1 amide bonds. The summed E-state index contributed by atoms with van der Waals surface area (Å²) in [4.78, 5) is 19.2. The zero-order valence-electron chi connectivity index (χ0n) is 13.8. The molecule has 130 valence electrons. The van der Waals surface area contributed by atoms with Gasteiger partial charge in [0, 0.05) is 18.3 Å². The number of amides is 1. The Morgan fingerprint density at radius 3 is 2.20 bits per heavy atom. The van der Waals surface area contributed by atoms with Crippen LogP contribution in [0, 0.1) is 0 Å². The number of sulfone groups is 1. The Labute approximate surface area is 147 Å². The summed E-state index contributed by atoms with van der Waals surface area (Å²) in [5.41, 5.74) is 0.434. The number of hydrogen-bond acceptors (Lipinski definition) is 4. The molecule has 1 unspecified atom stereocenters. The third-order valence-corrected chi connectivity index (χ3v) is 7.51. The largest absolute Gasteiger partial charge is 0.331 e. The van der Waals surface area contributed by atoms with Crippen LogP contribution in [0.25, 0.3) is 0 Å². The Kier molecular flexibility index (Phi) is 4.07. The second-order valence-electron chi connectivity index (χ2n) is 6.76. The van der Waals surface area contributed by atoms with E-state index in [1.165, 1.54) is 0 Å². The van der Waals surface area contributed by atoms with Crippen LogP contribution in [0.4, 0.5) is 0 Å². The second-order valence-corrected chi connectivity index (χ2v) is 8.99. The van der Waals surface area contributed by atoms with Crippen LogP contribution in [-0.2, 0) is 9.84 Å².